The van der Waals surface area contributed by atoms with Crippen LogP contribution in [0.4, 0.5) is 18.9 Å². The van der Waals surface area contributed by atoms with Gasteiger partial charge in [-0.3, -0.25) is 9.71 Å². The Morgan fingerprint density at radius 1 is 1.03 bits per heavy atom. The number of nitrogens with zero attached hydrogens (tertiary/aromatic N) is 2. The lowest BCUT2D eigenvalue weighted by Gasteiger charge is -2.12. The van der Waals surface area contributed by atoms with Gasteiger partial charge in [-0.1, -0.05) is 17.7 Å². The van der Waals surface area contributed by atoms with Crippen molar-refractivity contribution < 1.29 is 21.6 Å². The quantitative estimate of drug-likeness (QED) is 0.594. The number of hydrogen-bond donors (Lipinski definition) is 2. The highest BCUT2D eigenvalue weighted by molar-refractivity contribution is 7.92. The number of anilines is 1. The Bertz CT molecular complexity index is 1310. The summed E-state index contributed by atoms with van der Waals surface area (Å²) in [5.41, 5.74) is 7.62. The van der Waals surface area contributed by atoms with Crippen molar-refractivity contribution in [1.29, 1.82) is 0 Å². The minimum atomic E-state index is -4.55. The van der Waals surface area contributed by atoms with E-state index in [2.05, 4.69) is 14.7 Å². The third-order valence-corrected chi connectivity index (χ3v) is 6.34. The zero-order chi connectivity index (χ0) is 22.4. The summed E-state index contributed by atoms with van der Waals surface area (Å²) in [7, 11) is -4.11. The van der Waals surface area contributed by atoms with E-state index in [-0.39, 0.29) is 15.6 Å². The monoisotopic (exact) mass is 466 g/mol. The minimum Gasteiger partial charge on any atom is -0.382 e. The molecule has 3 aromatic rings. The van der Waals surface area contributed by atoms with E-state index in [1.807, 2.05) is 6.07 Å². The molecular weight excluding hydrogens is 453 g/mol. The third kappa shape index (κ3) is 4.21. The summed E-state index contributed by atoms with van der Waals surface area (Å²) in [4.78, 5) is 8.29. The predicted molar refractivity (Wildman–Crippen MR) is 111 cm³/mol. The van der Waals surface area contributed by atoms with Crippen LogP contribution < -0.4 is 10.5 Å². The Hall–Kier alpha value is -3.11. The number of nitrogens with two attached hydrogens (primary N) is 1. The number of aromatic nitrogens is 1. The van der Waals surface area contributed by atoms with Crippen LogP contribution in [0, 0.1) is 0 Å². The number of benzene rings is 2. The highest BCUT2D eigenvalue weighted by Gasteiger charge is 2.30. The van der Waals surface area contributed by atoms with Gasteiger partial charge in [0.2, 0.25) is 0 Å². The first-order valence-electron chi connectivity index (χ1n) is 8.85. The lowest BCUT2D eigenvalue weighted by molar-refractivity contribution is -0.137. The van der Waals surface area contributed by atoms with Crippen LogP contribution in [-0.2, 0) is 22.7 Å². The van der Waals surface area contributed by atoms with E-state index in [0.29, 0.717) is 41.5 Å². The van der Waals surface area contributed by atoms with Gasteiger partial charge in [-0.25, -0.2) is 13.4 Å². The summed E-state index contributed by atoms with van der Waals surface area (Å²) in [6, 6.07) is 11.3. The maximum atomic E-state index is 12.7. The first-order chi connectivity index (χ1) is 14.5. The zero-order valence-corrected chi connectivity index (χ0v) is 17.2. The fourth-order valence-corrected chi connectivity index (χ4v) is 4.38. The first-order valence-corrected chi connectivity index (χ1v) is 10.7. The average Bonchev–Trinajstić information content (AvgIpc) is 3.07. The van der Waals surface area contributed by atoms with Gasteiger partial charge in [0.1, 0.15) is 11.5 Å². The molecule has 0 spiro atoms. The fourth-order valence-electron chi connectivity index (χ4n) is 3.06. The molecule has 0 unspecified atom stereocenters. The van der Waals surface area contributed by atoms with Gasteiger partial charge < -0.3 is 5.73 Å². The number of halogens is 4. The molecule has 0 fully saturated rings. The van der Waals surface area contributed by atoms with Crippen LogP contribution in [0.5, 0.6) is 0 Å². The molecular formula is C20H14ClF3N4O2S. The average molecular weight is 467 g/mol. The largest absolute Gasteiger partial charge is 0.416 e. The Labute approximate surface area is 180 Å². The van der Waals surface area contributed by atoms with Crippen molar-refractivity contribution in [3.8, 4) is 11.3 Å². The van der Waals surface area contributed by atoms with Crippen LogP contribution in [0.3, 0.4) is 0 Å². The van der Waals surface area contributed by atoms with Crippen molar-refractivity contribution in [2.24, 2.45) is 10.7 Å². The van der Waals surface area contributed by atoms with E-state index in [4.69, 9.17) is 17.3 Å². The molecule has 0 bridgehead atoms. The lowest BCUT2D eigenvalue weighted by Crippen LogP contribution is -2.14. The Morgan fingerprint density at radius 2 is 1.74 bits per heavy atom. The summed E-state index contributed by atoms with van der Waals surface area (Å²) in [5.74, 6) is 0.342. The molecule has 0 radical (unpaired) electrons. The fraction of sp³-hybridized carbons (Fsp3) is 0.100. The van der Waals surface area contributed by atoms with Crippen molar-refractivity contribution in [1.82, 2.24) is 4.98 Å². The Balaban J connectivity index is 1.59. The molecule has 0 aliphatic carbocycles. The molecule has 31 heavy (non-hydrogen) atoms. The molecule has 1 aliphatic heterocycles. The van der Waals surface area contributed by atoms with E-state index >= 15 is 0 Å². The number of fused-ring (bicyclic) bond motifs is 1. The van der Waals surface area contributed by atoms with Crippen molar-refractivity contribution in [3.05, 3.63) is 76.4 Å². The van der Waals surface area contributed by atoms with Crippen molar-refractivity contribution in [3.63, 3.8) is 0 Å². The number of aliphatic imine (C=N–C) groups is 1. The van der Waals surface area contributed by atoms with Gasteiger partial charge in [0.25, 0.3) is 10.0 Å². The van der Waals surface area contributed by atoms with E-state index in [1.54, 1.807) is 12.1 Å². The predicted octanol–water partition coefficient (Wildman–Crippen LogP) is 4.44. The van der Waals surface area contributed by atoms with E-state index < -0.39 is 21.8 Å². The topological polar surface area (TPSA) is 97.4 Å². The number of hydrogen-bond acceptors (Lipinski definition) is 5. The van der Waals surface area contributed by atoms with Crippen LogP contribution in [0.15, 0.2) is 64.5 Å². The normalized spacial score (nSPS) is 13.6. The van der Waals surface area contributed by atoms with Gasteiger partial charge in [0, 0.05) is 11.1 Å². The molecule has 1 aromatic heterocycles. The zero-order valence-electron chi connectivity index (χ0n) is 15.6. The van der Waals surface area contributed by atoms with E-state index in [0.717, 1.165) is 17.7 Å². The maximum absolute atomic E-state index is 12.7. The van der Waals surface area contributed by atoms with Crippen molar-refractivity contribution in [2.75, 3.05) is 4.72 Å². The molecule has 0 saturated carbocycles. The van der Waals surface area contributed by atoms with Crippen molar-refractivity contribution in [2.45, 2.75) is 17.6 Å². The second kappa shape index (κ2) is 7.54. The molecule has 0 atom stereocenters. The Morgan fingerprint density at radius 3 is 2.39 bits per heavy atom. The van der Waals surface area contributed by atoms with Gasteiger partial charge in [-0.15, -0.1) is 0 Å². The highest BCUT2D eigenvalue weighted by atomic mass is 35.5. The number of pyridine rings is 1. The molecule has 160 valence electrons. The van der Waals surface area contributed by atoms with Crippen LogP contribution in [-0.4, -0.2) is 19.2 Å². The van der Waals surface area contributed by atoms with E-state index in [9.17, 15) is 21.6 Å². The number of alkyl halides is 3. The summed E-state index contributed by atoms with van der Waals surface area (Å²) in [6.45, 7) is 0.465. The highest BCUT2D eigenvalue weighted by Crippen LogP contribution is 2.32. The standard InChI is InChI=1S/C20H14ClF3N4O2S/c21-16-9-13(28-31(29,30)14-5-2-12(3-6-14)20(22,23)24)4-7-15(16)17-8-1-11-10-26-19(25)18(11)27-17/h1-9,28H,10H2,(H2,25,26). The third-order valence-electron chi connectivity index (χ3n) is 4.63. The SMILES string of the molecule is NC1=NCc2ccc(-c3ccc(NS(=O)(=O)c4ccc(C(F)(F)F)cc4)cc3Cl)nc21. The van der Waals surface area contributed by atoms with Gasteiger partial charge >= 0.3 is 6.18 Å². The van der Waals surface area contributed by atoms with Crippen LogP contribution in [0.2, 0.25) is 5.02 Å². The minimum absolute atomic E-state index is 0.149. The second-order valence-corrected chi connectivity index (χ2v) is 8.82. The number of sulfonamides is 1. The molecule has 0 saturated heterocycles. The molecule has 2 heterocycles. The summed E-state index contributed by atoms with van der Waals surface area (Å²) >= 11 is 6.34. The van der Waals surface area contributed by atoms with Crippen LogP contribution in [0.25, 0.3) is 11.3 Å². The molecule has 6 nitrogen and oxygen atoms in total. The molecule has 4 rings (SSSR count). The number of nitrogens with one attached hydrogen (secondary N) is 1. The summed E-state index contributed by atoms with van der Waals surface area (Å²) < 4.78 is 65.4. The Kier molecular flexibility index (Phi) is 5.14. The molecule has 3 N–H and O–H groups in total. The van der Waals surface area contributed by atoms with Crippen LogP contribution >= 0.6 is 11.6 Å². The first kappa shape index (κ1) is 21.1. The maximum Gasteiger partial charge on any atom is 0.416 e. The van der Waals surface area contributed by atoms with Gasteiger partial charge in [0.05, 0.1) is 33.4 Å². The van der Waals surface area contributed by atoms with Crippen molar-refractivity contribution >= 4 is 33.1 Å². The second-order valence-electron chi connectivity index (χ2n) is 6.73. The molecule has 11 heteroatoms. The smallest absolute Gasteiger partial charge is 0.382 e. The number of rotatable bonds is 4. The van der Waals surface area contributed by atoms with Gasteiger partial charge in [-0.2, -0.15) is 13.2 Å². The number of amidine groups is 1. The lowest BCUT2D eigenvalue weighted by atomic mass is 10.1. The molecule has 0 amide bonds. The molecule has 1 aliphatic rings. The summed E-state index contributed by atoms with van der Waals surface area (Å²) in [6.07, 6.45) is -4.55. The van der Waals surface area contributed by atoms with Gasteiger partial charge in [0.15, 0.2) is 0 Å². The molecule has 2 aromatic carbocycles. The van der Waals surface area contributed by atoms with Crippen LogP contribution in [0.1, 0.15) is 16.8 Å². The summed E-state index contributed by atoms with van der Waals surface area (Å²) in [5, 5.41) is 0.230. The van der Waals surface area contributed by atoms with E-state index in [1.165, 1.54) is 12.1 Å². The van der Waals surface area contributed by atoms with Gasteiger partial charge in [-0.05, 0) is 48.5 Å².